The van der Waals surface area contributed by atoms with Crippen LogP contribution in [0.3, 0.4) is 0 Å². The van der Waals surface area contributed by atoms with E-state index in [1.807, 2.05) is 36.0 Å². The Bertz CT molecular complexity index is 841. The lowest BCUT2D eigenvalue weighted by Crippen LogP contribution is -2.49. The van der Waals surface area contributed by atoms with Gasteiger partial charge in [0.2, 0.25) is 0 Å². The number of aromatic hydroxyl groups is 2. The number of phenols is 2. The zero-order chi connectivity index (χ0) is 22.1. The monoisotopic (exact) mass is 516 g/mol. The molecule has 1 aliphatic rings. The molecule has 1 unspecified atom stereocenters. The molecule has 0 spiro atoms. The van der Waals surface area contributed by atoms with E-state index in [1.54, 1.807) is 13.2 Å². The molecule has 0 radical (unpaired) electrons. The Labute approximate surface area is 215 Å². The second-order valence-corrected chi connectivity index (χ2v) is 9.27. The van der Waals surface area contributed by atoms with E-state index >= 15 is 0 Å². The molecule has 1 atom stereocenters. The van der Waals surface area contributed by atoms with E-state index in [2.05, 4.69) is 23.4 Å². The maximum absolute atomic E-state index is 10.2. The van der Waals surface area contributed by atoms with Gasteiger partial charge in [0.1, 0.15) is 5.75 Å². The molecule has 8 heteroatoms. The molecule has 3 N–H and O–H groups in total. The molecule has 0 aliphatic heterocycles. The van der Waals surface area contributed by atoms with Crippen LogP contribution in [-0.4, -0.2) is 47.2 Å². The molecular weight excluding hydrogens is 479 g/mol. The number of nitrogens with one attached hydrogen (secondary N) is 1. The zero-order valence-electron chi connectivity index (χ0n) is 19.6. The van der Waals surface area contributed by atoms with Gasteiger partial charge in [-0.15, -0.1) is 36.6 Å². The van der Waals surface area contributed by atoms with Crippen molar-refractivity contribution in [2.75, 3.05) is 26.0 Å². The second-order valence-electron chi connectivity index (χ2n) is 8.13. The molecule has 5 nitrogen and oxygen atoms in total. The van der Waals surface area contributed by atoms with Crippen molar-refractivity contribution in [3.8, 4) is 17.2 Å². The molecule has 2 aromatic carbocycles. The Kier molecular flexibility index (Phi) is 14.0. The van der Waals surface area contributed by atoms with E-state index in [9.17, 15) is 10.2 Å². The topological polar surface area (TPSA) is 65.0 Å². The summed E-state index contributed by atoms with van der Waals surface area (Å²) in [5.74, 6) is 1.94. The van der Waals surface area contributed by atoms with Gasteiger partial charge in [-0.2, -0.15) is 0 Å². The fourth-order valence-corrected chi connectivity index (χ4v) is 5.14. The number of methoxy groups -OCH3 is 1. The quantitative estimate of drug-likeness (QED) is 0.139. The molecule has 0 amide bonds. The van der Waals surface area contributed by atoms with Gasteiger partial charge in [-0.05, 0) is 49.4 Å². The van der Waals surface area contributed by atoms with Crippen LogP contribution in [0.5, 0.6) is 17.2 Å². The van der Waals surface area contributed by atoms with E-state index in [1.165, 1.54) is 30.6 Å². The fraction of sp³-hybridized carbons (Fsp3) is 0.520. The smallest absolute Gasteiger partial charge is 0.160 e. The standard InChI is InChI=1S/C25H36N2O3S.2ClH/c1-3-4-5-8-16-27(26-15-17-31-24-10-7-6-9-23(24)30-2)20-12-13-21-19(18-20)11-14-22(28)25(21)29;;/h6-7,9-11,14,20,26,28-29H,3-5,8,12-13,15-18H2,1-2H3;2*1H. The average molecular weight is 518 g/mol. The van der Waals surface area contributed by atoms with Crippen molar-refractivity contribution in [3.05, 3.63) is 47.5 Å². The van der Waals surface area contributed by atoms with Crippen molar-refractivity contribution in [2.45, 2.75) is 62.8 Å². The Morgan fingerprint density at radius 2 is 1.88 bits per heavy atom. The molecule has 0 aromatic heterocycles. The number of hydrogen-bond donors (Lipinski definition) is 3. The van der Waals surface area contributed by atoms with Gasteiger partial charge >= 0.3 is 0 Å². The summed E-state index contributed by atoms with van der Waals surface area (Å²) in [4.78, 5) is 1.17. The van der Waals surface area contributed by atoms with E-state index < -0.39 is 0 Å². The minimum Gasteiger partial charge on any atom is -0.504 e. The molecule has 0 fully saturated rings. The van der Waals surface area contributed by atoms with Gasteiger partial charge in [-0.25, -0.2) is 5.01 Å². The van der Waals surface area contributed by atoms with Gasteiger partial charge in [-0.1, -0.05) is 44.4 Å². The lowest BCUT2D eigenvalue weighted by Gasteiger charge is -2.36. The van der Waals surface area contributed by atoms with Crippen molar-refractivity contribution < 1.29 is 14.9 Å². The van der Waals surface area contributed by atoms with Crippen LogP contribution in [0.2, 0.25) is 0 Å². The maximum atomic E-state index is 10.2. The molecule has 33 heavy (non-hydrogen) atoms. The summed E-state index contributed by atoms with van der Waals surface area (Å²) in [6.07, 6.45) is 7.62. The number of halogens is 2. The number of nitrogens with zero attached hydrogens (tertiary/aromatic N) is 1. The molecule has 3 rings (SSSR count). The number of thioether (sulfide) groups is 1. The van der Waals surface area contributed by atoms with Gasteiger partial charge < -0.3 is 14.9 Å². The van der Waals surface area contributed by atoms with Crippen LogP contribution >= 0.6 is 36.6 Å². The number of unbranched alkanes of at least 4 members (excludes halogenated alkanes) is 3. The van der Waals surface area contributed by atoms with Crippen molar-refractivity contribution in [2.24, 2.45) is 0 Å². The van der Waals surface area contributed by atoms with Crippen LogP contribution in [0.15, 0.2) is 41.3 Å². The van der Waals surface area contributed by atoms with Crippen LogP contribution in [0, 0.1) is 0 Å². The Morgan fingerprint density at radius 3 is 2.64 bits per heavy atom. The molecule has 0 saturated carbocycles. The van der Waals surface area contributed by atoms with Crippen molar-refractivity contribution >= 4 is 36.6 Å². The van der Waals surface area contributed by atoms with E-state index in [0.29, 0.717) is 6.04 Å². The highest BCUT2D eigenvalue weighted by molar-refractivity contribution is 7.99. The number of benzene rings is 2. The van der Waals surface area contributed by atoms with E-state index in [4.69, 9.17) is 4.74 Å². The highest BCUT2D eigenvalue weighted by Gasteiger charge is 2.26. The number of phenolic OH excluding ortho intramolecular Hbond substituents is 2. The normalized spacial score (nSPS) is 14.8. The van der Waals surface area contributed by atoms with Crippen molar-refractivity contribution in [1.29, 1.82) is 0 Å². The highest BCUT2D eigenvalue weighted by atomic mass is 35.5. The third kappa shape index (κ3) is 8.45. The predicted molar refractivity (Wildman–Crippen MR) is 143 cm³/mol. The first-order chi connectivity index (χ1) is 15.1. The summed E-state index contributed by atoms with van der Waals surface area (Å²) in [5.41, 5.74) is 5.75. The number of rotatable bonds is 12. The first-order valence-corrected chi connectivity index (χ1v) is 12.4. The van der Waals surface area contributed by atoms with Crippen molar-refractivity contribution in [1.82, 2.24) is 10.4 Å². The Hall–Kier alpha value is -1.31. The minimum absolute atomic E-state index is 0. The lowest BCUT2D eigenvalue weighted by molar-refractivity contribution is 0.112. The van der Waals surface area contributed by atoms with Crippen LogP contribution in [0.1, 0.15) is 50.2 Å². The summed E-state index contributed by atoms with van der Waals surface area (Å²) in [5, 5.41) is 22.4. The van der Waals surface area contributed by atoms with Crippen LogP contribution in [0.4, 0.5) is 0 Å². The molecule has 0 heterocycles. The predicted octanol–water partition coefficient (Wildman–Crippen LogP) is 5.99. The highest BCUT2D eigenvalue weighted by Crippen LogP contribution is 2.36. The summed E-state index contributed by atoms with van der Waals surface area (Å²) in [6, 6.07) is 12.1. The van der Waals surface area contributed by atoms with Gasteiger partial charge in [0.15, 0.2) is 11.5 Å². The zero-order valence-corrected chi connectivity index (χ0v) is 22.0. The molecular formula is C25H38Cl2N2O3S. The summed E-state index contributed by atoms with van der Waals surface area (Å²) < 4.78 is 5.46. The van der Waals surface area contributed by atoms with E-state index in [0.717, 1.165) is 55.0 Å². The first-order valence-electron chi connectivity index (χ1n) is 11.4. The number of hydrogen-bond acceptors (Lipinski definition) is 6. The first kappa shape index (κ1) is 29.7. The summed E-state index contributed by atoms with van der Waals surface area (Å²) >= 11 is 1.81. The number of para-hydroxylation sites is 1. The molecule has 0 saturated heterocycles. The van der Waals surface area contributed by atoms with Gasteiger partial charge in [0.05, 0.1) is 7.11 Å². The lowest BCUT2D eigenvalue weighted by atomic mass is 9.87. The summed E-state index contributed by atoms with van der Waals surface area (Å²) in [7, 11) is 1.72. The Balaban J connectivity index is 0.00000272. The SMILES string of the molecule is CCCCCCN(NCCSc1ccccc1OC)C1CCc2c(ccc(O)c2O)C1.Cl.Cl. The van der Waals surface area contributed by atoms with Crippen molar-refractivity contribution in [3.63, 3.8) is 0 Å². The van der Waals surface area contributed by atoms with Gasteiger partial charge in [0, 0.05) is 35.3 Å². The molecule has 0 bridgehead atoms. The Morgan fingerprint density at radius 1 is 1.09 bits per heavy atom. The fourth-order valence-electron chi connectivity index (χ4n) is 4.26. The molecule has 186 valence electrons. The second kappa shape index (κ2) is 15.6. The number of fused-ring (bicyclic) bond motifs is 1. The molecule has 1 aliphatic carbocycles. The number of hydrazine groups is 1. The third-order valence-electron chi connectivity index (χ3n) is 5.98. The van der Waals surface area contributed by atoms with Crippen LogP contribution in [-0.2, 0) is 12.8 Å². The van der Waals surface area contributed by atoms with Gasteiger partial charge in [-0.3, -0.25) is 5.43 Å². The van der Waals surface area contributed by atoms with Crippen LogP contribution < -0.4 is 10.2 Å². The largest absolute Gasteiger partial charge is 0.504 e. The molecule has 2 aromatic rings. The summed E-state index contributed by atoms with van der Waals surface area (Å²) in [6.45, 7) is 4.16. The van der Waals surface area contributed by atoms with Crippen LogP contribution in [0.25, 0.3) is 0 Å². The maximum Gasteiger partial charge on any atom is 0.160 e. The minimum atomic E-state index is -0.0138. The van der Waals surface area contributed by atoms with Gasteiger partial charge in [0.25, 0.3) is 0 Å². The van der Waals surface area contributed by atoms with E-state index in [-0.39, 0.29) is 36.3 Å². The average Bonchev–Trinajstić information content (AvgIpc) is 2.80. The number of ether oxygens (including phenoxy) is 1. The third-order valence-corrected chi connectivity index (χ3v) is 7.04.